The minimum absolute atomic E-state index is 0.250. The van der Waals surface area contributed by atoms with Gasteiger partial charge in [0.15, 0.2) is 11.4 Å². The highest BCUT2D eigenvalue weighted by atomic mass is 16.5. The summed E-state index contributed by atoms with van der Waals surface area (Å²) in [5, 5.41) is 8.51. The van der Waals surface area contributed by atoms with Gasteiger partial charge in [-0.2, -0.15) is 0 Å². The van der Waals surface area contributed by atoms with Crippen LogP contribution in [0.25, 0.3) is 11.0 Å². The van der Waals surface area contributed by atoms with Crippen LogP contribution in [0, 0.1) is 0 Å². The highest BCUT2D eigenvalue weighted by Crippen LogP contribution is 2.39. The van der Waals surface area contributed by atoms with Crippen LogP contribution in [-0.4, -0.2) is 10.7 Å². The van der Waals surface area contributed by atoms with Crippen molar-refractivity contribution in [2.75, 3.05) is 5.32 Å². The van der Waals surface area contributed by atoms with Gasteiger partial charge in [0.25, 0.3) is 0 Å². The Labute approximate surface area is 82.1 Å². The van der Waals surface area contributed by atoms with Gasteiger partial charge in [0.2, 0.25) is 0 Å². The van der Waals surface area contributed by atoms with Crippen molar-refractivity contribution in [3.05, 3.63) is 24.3 Å². The second-order valence-electron chi connectivity index (χ2n) is 4.21. The summed E-state index contributed by atoms with van der Waals surface area (Å²) >= 11 is 0. The maximum absolute atomic E-state index is 5.21. The first-order chi connectivity index (χ1) is 6.77. The minimum Gasteiger partial charge on any atom is -0.362 e. The lowest BCUT2D eigenvalue weighted by atomic mass is 10.2. The number of anilines is 1. The predicted octanol–water partition coefficient (Wildman–Crippen LogP) is 2.79. The molecule has 0 saturated heterocycles. The normalized spacial score (nSPS) is 18.4. The van der Waals surface area contributed by atoms with E-state index < -0.39 is 0 Å². The minimum atomic E-state index is 0.250. The van der Waals surface area contributed by atoms with Gasteiger partial charge in [-0.1, -0.05) is 17.3 Å². The molecule has 0 radical (unpaired) electrons. The van der Waals surface area contributed by atoms with Crippen LogP contribution in [0.3, 0.4) is 0 Å². The van der Waals surface area contributed by atoms with Crippen LogP contribution in [0.4, 0.5) is 5.82 Å². The first-order valence-electron chi connectivity index (χ1n) is 4.89. The van der Waals surface area contributed by atoms with E-state index in [4.69, 9.17) is 4.52 Å². The van der Waals surface area contributed by atoms with Gasteiger partial charge in [-0.3, -0.25) is 0 Å². The summed E-state index contributed by atoms with van der Waals surface area (Å²) in [6.07, 6.45) is 2.43. The van der Waals surface area contributed by atoms with Crippen LogP contribution < -0.4 is 5.32 Å². The van der Waals surface area contributed by atoms with Crippen LogP contribution in [-0.2, 0) is 0 Å². The Morgan fingerprint density at radius 2 is 2.14 bits per heavy atom. The van der Waals surface area contributed by atoms with Crippen LogP contribution >= 0.6 is 0 Å². The zero-order chi connectivity index (χ0) is 9.60. The Kier molecular flexibility index (Phi) is 1.40. The van der Waals surface area contributed by atoms with Gasteiger partial charge in [-0.05, 0) is 31.9 Å². The van der Waals surface area contributed by atoms with E-state index in [1.165, 1.54) is 12.8 Å². The van der Waals surface area contributed by atoms with E-state index in [1.54, 1.807) is 0 Å². The van der Waals surface area contributed by atoms with Gasteiger partial charge >= 0.3 is 0 Å². The van der Waals surface area contributed by atoms with Crippen LogP contribution in [0.1, 0.15) is 19.8 Å². The van der Waals surface area contributed by atoms with Crippen molar-refractivity contribution >= 4 is 16.8 Å². The fourth-order valence-corrected chi connectivity index (χ4v) is 1.57. The number of benzene rings is 1. The summed E-state index contributed by atoms with van der Waals surface area (Å²) in [7, 11) is 0. The van der Waals surface area contributed by atoms with Gasteiger partial charge < -0.3 is 9.84 Å². The first-order valence-corrected chi connectivity index (χ1v) is 4.89. The summed E-state index contributed by atoms with van der Waals surface area (Å²) < 4.78 is 5.21. The third-order valence-electron chi connectivity index (χ3n) is 2.80. The number of hydrogen-bond donors (Lipinski definition) is 1. The van der Waals surface area contributed by atoms with Crippen LogP contribution in [0.2, 0.25) is 0 Å². The molecular formula is C11H12N2O. The van der Waals surface area contributed by atoms with E-state index in [2.05, 4.69) is 17.4 Å². The Hall–Kier alpha value is -1.51. The molecule has 0 amide bonds. The smallest absolute Gasteiger partial charge is 0.177 e. The molecule has 0 unspecified atom stereocenters. The van der Waals surface area contributed by atoms with Gasteiger partial charge in [0, 0.05) is 5.54 Å². The molecule has 0 spiro atoms. The molecule has 1 heterocycles. The van der Waals surface area contributed by atoms with E-state index in [1.807, 2.05) is 24.3 Å². The lowest BCUT2D eigenvalue weighted by Gasteiger charge is -2.08. The third-order valence-corrected chi connectivity index (χ3v) is 2.80. The lowest BCUT2D eigenvalue weighted by molar-refractivity contribution is 0.458. The monoisotopic (exact) mass is 188 g/mol. The topological polar surface area (TPSA) is 38.1 Å². The largest absolute Gasteiger partial charge is 0.362 e. The number of rotatable bonds is 2. The van der Waals surface area contributed by atoms with Crippen LogP contribution in [0.5, 0.6) is 0 Å². The molecule has 1 aromatic heterocycles. The fourth-order valence-electron chi connectivity index (χ4n) is 1.57. The fraction of sp³-hybridized carbons (Fsp3) is 0.364. The van der Waals surface area contributed by atoms with Crippen molar-refractivity contribution < 1.29 is 4.52 Å². The quantitative estimate of drug-likeness (QED) is 0.787. The molecule has 1 N–H and O–H groups in total. The number of para-hydroxylation sites is 1. The Balaban J connectivity index is 2.04. The molecule has 3 heteroatoms. The molecule has 0 atom stereocenters. The molecule has 1 aliphatic rings. The molecule has 2 aromatic rings. The Morgan fingerprint density at radius 1 is 1.36 bits per heavy atom. The van der Waals surface area contributed by atoms with E-state index in [-0.39, 0.29) is 5.54 Å². The van der Waals surface area contributed by atoms with Gasteiger partial charge in [0.05, 0.1) is 5.39 Å². The molecule has 3 rings (SSSR count). The van der Waals surface area contributed by atoms with Gasteiger partial charge in [-0.15, -0.1) is 0 Å². The molecule has 14 heavy (non-hydrogen) atoms. The summed E-state index contributed by atoms with van der Waals surface area (Å²) in [6.45, 7) is 2.20. The zero-order valence-corrected chi connectivity index (χ0v) is 8.08. The Morgan fingerprint density at radius 3 is 2.93 bits per heavy atom. The van der Waals surface area contributed by atoms with Crippen LogP contribution in [0.15, 0.2) is 28.8 Å². The molecule has 72 valence electrons. The molecule has 0 aliphatic heterocycles. The molecule has 1 aliphatic carbocycles. The van der Waals surface area contributed by atoms with Crippen molar-refractivity contribution in [1.82, 2.24) is 5.16 Å². The van der Waals surface area contributed by atoms with Crippen molar-refractivity contribution in [1.29, 1.82) is 0 Å². The number of aromatic nitrogens is 1. The standard InChI is InChI=1S/C11H12N2O/c1-11(6-7-11)12-10-8-4-2-3-5-9(8)14-13-10/h2-5H,6-7H2,1H3,(H,12,13). The molecular weight excluding hydrogens is 176 g/mol. The summed E-state index contributed by atoms with van der Waals surface area (Å²) in [5.74, 6) is 0.876. The summed E-state index contributed by atoms with van der Waals surface area (Å²) in [6, 6.07) is 7.92. The third kappa shape index (κ3) is 1.16. The lowest BCUT2D eigenvalue weighted by Crippen LogP contribution is -2.16. The maximum atomic E-state index is 5.21. The van der Waals surface area contributed by atoms with Crippen molar-refractivity contribution in [2.45, 2.75) is 25.3 Å². The second-order valence-corrected chi connectivity index (χ2v) is 4.21. The van der Waals surface area contributed by atoms with E-state index in [9.17, 15) is 0 Å². The van der Waals surface area contributed by atoms with E-state index >= 15 is 0 Å². The number of nitrogens with one attached hydrogen (secondary N) is 1. The first kappa shape index (κ1) is 7.85. The molecule has 0 bridgehead atoms. The van der Waals surface area contributed by atoms with Crippen molar-refractivity contribution in [3.63, 3.8) is 0 Å². The SMILES string of the molecule is CC1(Nc2noc3ccccc23)CC1. The van der Waals surface area contributed by atoms with E-state index in [0.717, 1.165) is 16.8 Å². The van der Waals surface area contributed by atoms with Crippen molar-refractivity contribution in [3.8, 4) is 0 Å². The molecule has 1 saturated carbocycles. The number of nitrogens with zero attached hydrogens (tertiary/aromatic N) is 1. The average molecular weight is 188 g/mol. The number of fused-ring (bicyclic) bond motifs is 1. The van der Waals surface area contributed by atoms with Gasteiger partial charge in [-0.25, -0.2) is 0 Å². The van der Waals surface area contributed by atoms with Crippen molar-refractivity contribution in [2.24, 2.45) is 0 Å². The summed E-state index contributed by atoms with van der Waals surface area (Å²) in [5.41, 5.74) is 1.10. The summed E-state index contributed by atoms with van der Waals surface area (Å²) in [4.78, 5) is 0. The molecule has 1 aromatic carbocycles. The highest BCUT2D eigenvalue weighted by Gasteiger charge is 2.38. The number of hydrogen-bond acceptors (Lipinski definition) is 3. The predicted molar refractivity (Wildman–Crippen MR) is 55.3 cm³/mol. The molecule has 1 fully saturated rings. The van der Waals surface area contributed by atoms with Gasteiger partial charge in [0.1, 0.15) is 0 Å². The highest BCUT2D eigenvalue weighted by molar-refractivity contribution is 5.88. The Bertz CT molecular complexity index is 471. The second kappa shape index (κ2) is 2.50. The van der Waals surface area contributed by atoms with E-state index in [0.29, 0.717) is 0 Å². The maximum Gasteiger partial charge on any atom is 0.177 e. The molecule has 3 nitrogen and oxygen atoms in total. The average Bonchev–Trinajstić information content (AvgIpc) is 2.77. The zero-order valence-electron chi connectivity index (χ0n) is 8.08.